The molecule has 1 amide bonds. The molecule has 0 aliphatic heterocycles. The Bertz CT molecular complexity index is 383. The number of aliphatic carboxylic acids is 2. The molecule has 0 saturated carbocycles. The molecule has 0 bridgehead atoms. The first-order valence-corrected chi connectivity index (χ1v) is 7.05. The summed E-state index contributed by atoms with van der Waals surface area (Å²) in [7, 11) is 0.405. The lowest BCUT2D eigenvalue weighted by atomic mass is 10.00. The average molecular weight is 289 g/mol. The number of carboxylic acid groups (broad SMARTS) is 2. The highest BCUT2D eigenvalue weighted by atomic mass is 28.1. The Balaban J connectivity index is 4.58. The Hall–Kier alpha value is -1.70. The van der Waals surface area contributed by atoms with E-state index in [0.717, 1.165) is 0 Å². The zero-order valence-corrected chi connectivity index (χ0v) is 13.2. The summed E-state index contributed by atoms with van der Waals surface area (Å²) in [5.74, 6) is -4.43. The highest BCUT2D eigenvalue weighted by molar-refractivity contribution is 6.15. The van der Waals surface area contributed by atoms with Crippen LogP contribution in [-0.4, -0.2) is 49.7 Å². The van der Waals surface area contributed by atoms with Crippen LogP contribution < -0.4 is 5.32 Å². The maximum atomic E-state index is 11.7. The number of ketones is 1. The first-order chi connectivity index (χ1) is 8.65. The Kier molecular flexibility index (Phi) is 6.98. The van der Waals surface area contributed by atoms with Gasteiger partial charge in [-0.05, 0) is 6.92 Å². The number of amides is 1. The SMILES string of the molecule is CC(=O)[C@H](CC(=O)O)C([SiH3])NC(=O)C(C)CC(=O)O. The van der Waals surface area contributed by atoms with Gasteiger partial charge in [-0.1, -0.05) is 6.92 Å². The van der Waals surface area contributed by atoms with Crippen LogP contribution in [0.15, 0.2) is 0 Å². The molecule has 0 radical (unpaired) electrons. The maximum absolute atomic E-state index is 11.7. The van der Waals surface area contributed by atoms with Crippen LogP contribution in [0.25, 0.3) is 0 Å². The fourth-order valence-corrected chi connectivity index (χ4v) is 2.67. The van der Waals surface area contributed by atoms with Crippen LogP contribution >= 0.6 is 0 Å². The van der Waals surface area contributed by atoms with E-state index in [1.807, 2.05) is 0 Å². The Morgan fingerprint density at radius 3 is 1.95 bits per heavy atom. The van der Waals surface area contributed by atoms with Gasteiger partial charge in [-0.15, -0.1) is 0 Å². The molecule has 0 aliphatic carbocycles. The third-order valence-electron chi connectivity index (χ3n) is 2.82. The standard InChI is InChI=1S/C11H19NO6Si/c1-5(3-8(14)15)10(18)12-11(19)7(6(2)13)4-9(16)17/h5,7,11H,3-4H2,1-2,19H3,(H,12,18)(H,14,15)(H,16,17)/t5?,7-,11?/m0/s1. The molecule has 0 fully saturated rings. The number of hydrogen-bond acceptors (Lipinski definition) is 4. The number of carbonyl (C=O) groups is 4. The van der Waals surface area contributed by atoms with Crippen LogP contribution in [0.4, 0.5) is 0 Å². The first-order valence-electron chi connectivity index (χ1n) is 5.89. The number of carboxylic acids is 2. The van der Waals surface area contributed by atoms with Crippen LogP contribution in [0.2, 0.25) is 0 Å². The minimum atomic E-state index is -1.10. The molecule has 0 aromatic rings. The minimum absolute atomic E-state index is 0.298. The summed E-state index contributed by atoms with van der Waals surface area (Å²) in [5.41, 5.74) is -0.516. The molecule has 19 heavy (non-hydrogen) atoms. The monoisotopic (exact) mass is 289 g/mol. The van der Waals surface area contributed by atoms with E-state index in [4.69, 9.17) is 10.2 Å². The predicted octanol–water partition coefficient (Wildman–Crippen LogP) is -1.42. The molecule has 0 aromatic heterocycles. The van der Waals surface area contributed by atoms with Crippen molar-refractivity contribution in [2.75, 3.05) is 0 Å². The van der Waals surface area contributed by atoms with Gasteiger partial charge in [0.2, 0.25) is 5.91 Å². The maximum Gasteiger partial charge on any atom is 0.304 e. The van der Waals surface area contributed by atoms with Crippen molar-refractivity contribution < 1.29 is 29.4 Å². The van der Waals surface area contributed by atoms with Crippen LogP contribution in [0.3, 0.4) is 0 Å². The fraction of sp³-hybridized carbons (Fsp3) is 0.636. The first kappa shape index (κ1) is 17.3. The van der Waals surface area contributed by atoms with Crippen molar-refractivity contribution in [1.29, 1.82) is 0 Å². The van der Waals surface area contributed by atoms with Gasteiger partial charge in [-0.2, -0.15) is 0 Å². The van der Waals surface area contributed by atoms with Gasteiger partial charge in [-0.25, -0.2) is 0 Å². The second-order valence-corrected chi connectivity index (χ2v) is 5.86. The van der Waals surface area contributed by atoms with E-state index in [2.05, 4.69) is 5.32 Å². The van der Waals surface area contributed by atoms with Gasteiger partial charge in [0.25, 0.3) is 0 Å². The molecule has 0 aliphatic rings. The summed E-state index contributed by atoms with van der Waals surface area (Å²) in [4.78, 5) is 44.2. The molecule has 0 aromatic carbocycles. The largest absolute Gasteiger partial charge is 0.481 e. The molecular weight excluding hydrogens is 270 g/mol. The molecule has 0 saturated heterocycles. The van der Waals surface area contributed by atoms with Crippen molar-refractivity contribution in [2.24, 2.45) is 11.8 Å². The molecule has 0 spiro atoms. The second-order valence-electron chi connectivity index (χ2n) is 4.61. The molecule has 0 heterocycles. The summed E-state index contributed by atoms with van der Waals surface area (Å²) in [6, 6.07) is 0. The fourth-order valence-electron chi connectivity index (χ4n) is 1.68. The van der Waals surface area contributed by atoms with E-state index in [1.165, 1.54) is 13.8 Å². The minimum Gasteiger partial charge on any atom is -0.481 e. The van der Waals surface area contributed by atoms with E-state index < -0.39 is 35.3 Å². The quantitative estimate of drug-likeness (QED) is 0.472. The van der Waals surface area contributed by atoms with Gasteiger partial charge in [-0.3, -0.25) is 19.2 Å². The number of rotatable bonds is 8. The molecule has 7 nitrogen and oxygen atoms in total. The summed E-state index contributed by atoms with van der Waals surface area (Å²) in [6.07, 6.45) is -0.638. The molecule has 3 atom stereocenters. The lowest BCUT2D eigenvalue weighted by Crippen LogP contribution is -2.46. The van der Waals surface area contributed by atoms with E-state index in [-0.39, 0.29) is 18.6 Å². The predicted molar refractivity (Wildman–Crippen MR) is 69.7 cm³/mol. The Morgan fingerprint density at radius 2 is 1.58 bits per heavy atom. The Morgan fingerprint density at radius 1 is 1.11 bits per heavy atom. The van der Waals surface area contributed by atoms with Gasteiger partial charge in [0.1, 0.15) is 5.78 Å². The molecule has 3 N–H and O–H groups in total. The number of Topliss-reactive ketones (excluding diaryl/α,β-unsaturated/α-hetero) is 1. The van der Waals surface area contributed by atoms with Crippen LogP contribution in [-0.2, 0) is 19.2 Å². The highest BCUT2D eigenvalue weighted by Crippen LogP contribution is 2.10. The molecule has 108 valence electrons. The van der Waals surface area contributed by atoms with Crippen LogP contribution in [0, 0.1) is 11.8 Å². The van der Waals surface area contributed by atoms with Gasteiger partial charge in [0.15, 0.2) is 0 Å². The molecule has 8 heteroatoms. The normalized spacial score (nSPS) is 15.3. The van der Waals surface area contributed by atoms with Crippen molar-refractivity contribution in [1.82, 2.24) is 5.32 Å². The van der Waals surface area contributed by atoms with Crippen molar-refractivity contribution in [3.8, 4) is 0 Å². The van der Waals surface area contributed by atoms with Crippen molar-refractivity contribution in [3.63, 3.8) is 0 Å². The van der Waals surface area contributed by atoms with E-state index in [0.29, 0.717) is 10.2 Å². The number of carbonyl (C=O) groups excluding carboxylic acids is 2. The highest BCUT2D eigenvalue weighted by Gasteiger charge is 2.27. The third kappa shape index (κ3) is 6.70. The van der Waals surface area contributed by atoms with Crippen LogP contribution in [0.5, 0.6) is 0 Å². The van der Waals surface area contributed by atoms with Crippen LogP contribution in [0.1, 0.15) is 26.7 Å². The zero-order chi connectivity index (χ0) is 15.2. The third-order valence-corrected chi connectivity index (χ3v) is 3.91. The Labute approximate surface area is 113 Å². The molecule has 2 unspecified atom stereocenters. The topological polar surface area (TPSA) is 121 Å². The van der Waals surface area contributed by atoms with Gasteiger partial charge >= 0.3 is 11.9 Å². The van der Waals surface area contributed by atoms with Gasteiger partial charge < -0.3 is 15.5 Å². The van der Waals surface area contributed by atoms with E-state index in [1.54, 1.807) is 0 Å². The van der Waals surface area contributed by atoms with E-state index in [9.17, 15) is 19.2 Å². The number of nitrogens with one attached hydrogen (secondary N) is 1. The van der Waals surface area contributed by atoms with E-state index >= 15 is 0 Å². The average Bonchev–Trinajstić information content (AvgIpc) is 2.23. The smallest absolute Gasteiger partial charge is 0.304 e. The van der Waals surface area contributed by atoms with Gasteiger partial charge in [0, 0.05) is 27.7 Å². The van der Waals surface area contributed by atoms with Gasteiger partial charge in [0.05, 0.1) is 12.8 Å². The second kappa shape index (κ2) is 7.67. The summed E-state index contributed by atoms with van der Waals surface area (Å²) in [5, 5.41) is 19.8. The summed E-state index contributed by atoms with van der Waals surface area (Å²) in [6.45, 7) is 2.75. The molecular formula is C11H19NO6Si. The van der Waals surface area contributed by atoms with Crippen molar-refractivity contribution in [3.05, 3.63) is 0 Å². The number of hydrogen-bond donors (Lipinski definition) is 3. The lowest BCUT2D eigenvalue weighted by molar-refractivity contribution is -0.141. The zero-order valence-electron chi connectivity index (χ0n) is 11.2. The van der Waals surface area contributed by atoms with Crippen molar-refractivity contribution >= 4 is 33.9 Å². The van der Waals surface area contributed by atoms with Crippen molar-refractivity contribution in [2.45, 2.75) is 32.4 Å². The summed E-state index contributed by atoms with van der Waals surface area (Å²) < 4.78 is 0. The summed E-state index contributed by atoms with van der Waals surface area (Å²) >= 11 is 0. The lowest BCUT2D eigenvalue weighted by Gasteiger charge is -2.23. The molecule has 0 rings (SSSR count).